The van der Waals surface area contributed by atoms with Crippen LogP contribution in [0.4, 0.5) is 0 Å². The Bertz CT molecular complexity index is 382. The van der Waals surface area contributed by atoms with Gasteiger partial charge in [0.1, 0.15) is 5.75 Å². The highest BCUT2D eigenvalue weighted by molar-refractivity contribution is 5.27. The normalized spacial score (nSPS) is 14.3. The first-order valence-corrected chi connectivity index (χ1v) is 7.56. The summed E-state index contributed by atoms with van der Waals surface area (Å²) in [5.41, 5.74) is 1.12. The fourth-order valence-corrected chi connectivity index (χ4v) is 2.36. The molecule has 1 rings (SSSR count). The van der Waals surface area contributed by atoms with Gasteiger partial charge >= 0.3 is 0 Å². The second kappa shape index (κ2) is 8.93. The van der Waals surface area contributed by atoms with E-state index >= 15 is 0 Å². The molecule has 0 spiro atoms. The third kappa shape index (κ3) is 4.76. The minimum absolute atomic E-state index is 0.124. The standard InChI is InChI=1S/C16H28N2O2/c1-6-18-15(16(12(4)5)20-8-3)13-9-14(19-7-2)11-17-10-13/h9-12,15-16,18H,6-8H2,1-5H3. The predicted molar refractivity (Wildman–Crippen MR) is 82.1 cm³/mol. The Morgan fingerprint density at radius 3 is 2.45 bits per heavy atom. The number of hydrogen-bond donors (Lipinski definition) is 1. The van der Waals surface area contributed by atoms with E-state index < -0.39 is 0 Å². The zero-order valence-electron chi connectivity index (χ0n) is 13.3. The third-order valence-electron chi connectivity index (χ3n) is 3.17. The van der Waals surface area contributed by atoms with Crippen LogP contribution in [0.5, 0.6) is 5.75 Å². The molecule has 0 fully saturated rings. The molecule has 1 aromatic heterocycles. The summed E-state index contributed by atoms with van der Waals surface area (Å²) < 4.78 is 11.5. The van der Waals surface area contributed by atoms with Crippen LogP contribution in [0.25, 0.3) is 0 Å². The van der Waals surface area contributed by atoms with Crippen molar-refractivity contribution in [3.63, 3.8) is 0 Å². The Morgan fingerprint density at radius 2 is 1.90 bits per heavy atom. The van der Waals surface area contributed by atoms with E-state index in [1.54, 1.807) is 6.20 Å². The van der Waals surface area contributed by atoms with E-state index in [-0.39, 0.29) is 12.1 Å². The van der Waals surface area contributed by atoms with Crippen molar-refractivity contribution in [1.29, 1.82) is 0 Å². The van der Waals surface area contributed by atoms with E-state index in [2.05, 4.69) is 37.1 Å². The van der Waals surface area contributed by atoms with Crippen molar-refractivity contribution in [3.05, 3.63) is 24.0 Å². The topological polar surface area (TPSA) is 43.4 Å². The van der Waals surface area contributed by atoms with Gasteiger partial charge in [-0.05, 0) is 37.9 Å². The van der Waals surface area contributed by atoms with Crippen LogP contribution < -0.4 is 10.1 Å². The van der Waals surface area contributed by atoms with E-state index in [1.807, 2.05) is 20.0 Å². The van der Waals surface area contributed by atoms with Crippen molar-refractivity contribution in [2.75, 3.05) is 19.8 Å². The minimum Gasteiger partial charge on any atom is -0.492 e. The third-order valence-corrected chi connectivity index (χ3v) is 3.17. The molecule has 20 heavy (non-hydrogen) atoms. The van der Waals surface area contributed by atoms with Gasteiger partial charge in [-0.3, -0.25) is 4.98 Å². The molecule has 0 bridgehead atoms. The van der Waals surface area contributed by atoms with Crippen LogP contribution >= 0.6 is 0 Å². The largest absolute Gasteiger partial charge is 0.492 e. The maximum atomic E-state index is 5.94. The van der Waals surface area contributed by atoms with Gasteiger partial charge in [0.25, 0.3) is 0 Å². The van der Waals surface area contributed by atoms with Crippen LogP contribution in [-0.2, 0) is 4.74 Å². The van der Waals surface area contributed by atoms with Gasteiger partial charge in [-0.1, -0.05) is 20.8 Å². The van der Waals surface area contributed by atoms with E-state index in [1.165, 1.54) is 0 Å². The number of rotatable bonds is 9. The maximum Gasteiger partial charge on any atom is 0.137 e. The maximum absolute atomic E-state index is 5.94. The molecule has 0 saturated carbocycles. The van der Waals surface area contributed by atoms with Gasteiger partial charge in [0.2, 0.25) is 0 Å². The van der Waals surface area contributed by atoms with E-state index in [0.29, 0.717) is 19.1 Å². The molecule has 0 aliphatic rings. The van der Waals surface area contributed by atoms with E-state index in [4.69, 9.17) is 9.47 Å². The highest BCUT2D eigenvalue weighted by Crippen LogP contribution is 2.26. The molecular formula is C16H28N2O2. The Kier molecular flexibility index (Phi) is 7.55. The quantitative estimate of drug-likeness (QED) is 0.754. The van der Waals surface area contributed by atoms with Crippen molar-refractivity contribution >= 4 is 0 Å². The number of hydrogen-bond acceptors (Lipinski definition) is 4. The second-order valence-electron chi connectivity index (χ2n) is 5.09. The molecular weight excluding hydrogens is 252 g/mol. The van der Waals surface area contributed by atoms with Crippen LogP contribution in [0.3, 0.4) is 0 Å². The predicted octanol–water partition coefficient (Wildman–Crippen LogP) is 3.19. The molecule has 4 nitrogen and oxygen atoms in total. The molecule has 1 aromatic rings. The number of pyridine rings is 1. The summed E-state index contributed by atoms with van der Waals surface area (Å²) in [7, 11) is 0. The van der Waals surface area contributed by atoms with E-state index in [0.717, 1.165) is 17.9 Å². The lowest BCUT2D eigenvalue weighted by atomic mass is 9.94. The molecule has 0 saturated heterocycles. The molecule has 0 aliphatic carbocycles. The highest BCUT2D eigenvalue weighted by atomic mass is 16.5. The molecule has 2 atom stereocenters. The molecule has 0 aliphatic heterocycles. The summed E-state index contributed by atoms with van der Waals surface area (Å²) in [6.07, 6.45) is 3.77. The lowest BCUT2D eigenvalue weighted by Gasteiger charge is -2.31. The fourth-order valence-electron chi connectivity index (χ4n) is 2.36. The van der Waals surface area contributed by atoms with Crippen LogP contribution in [0, 0.1) is 5.92 Å². The monoisotopic (exact) mass is 280 g/mol. The second-order valence-corrected chi connectivity index (χ2v) is 5.09. The van der Waals surface area contributed by atoms with Gasteiger partial charge in [-0.15, -0.1) is 0 Å². The van der Waals surface area contributed by atoms with Crippen LogP contribution in [0.2, 0.25) is 0 Å². The number of nitrogens with zero attached hydrogens (tertiary/aromatic N) is 1. The van der Waals surface area contributed by atoms with Crippen molar-refractivity contribution in [2.24, 2.45) is 5.92 Å². The lowest BCUT2D eigenvalue weighted by molar-refractivity contribution is 0.00305. The zero-order valence-corrected chi connectivity index (χ0v) is 13.3. The first-order valence-electron chi connectivity index (χ1n) is 7.56. The smallest absolute Gasteiger partial charge is 0.137 e. The molecule has 0 amide bonds. The first-order chi connectivity index (χ1) is 9.63. The Labute approximate surface area is 122 Å². The fraction of sp³-hybridized carbons (Fsp3) is 0.688. The summed E-state index contributed by atoms with van der Waals surface area (Å²) in [5, 5.41) is 3.51. The van der Waals surface area contributed by atoms with Crippen LogP contribution in [0.15, 0.2) is 18.5 Å². The minimum atomic E-state index is 0.124. The zero-order chi connectivity index (χ0) is 15.0. The number of ether oxygens (including phenoxy) is 2. The van der Waals surface area contributed by atoms with Crippen molar-refractivity contribution in [2.45, 2.75) is 46.8 Å². The van der Waals surface area contributed by atoms with E-state index in [9.17, 15) is 0 Å². The molecule has 0 radical (unpaired) electrons. The summed E-state index contributed by atoms with van der Waals surface area (Å²) in [5.74, 6) is 1.24. The molecule has 114 valence electrons. The number of likely N-dealkylation sites (N-methyl/N-ethyl adjacent to an activating group) is 1. The van der Waals surface area contributed by atoms with Crippen LogP contribution in [-0.4, -0.2) is 30.8 Å². The van der Waals surface area contributed by atoms with Gasteiger partial charge in [0.05, 0.1) is 24.9 Å². The average Bonchev–Trinajstić information content (AvgIpc) is 2.43. The highest BCUT2D eigenvalue weighted by Gasteiger charge is 2.26. The Morgan fingerprint density at radius 1 is 1.15 bits per heavy atom. The summed E-state index contributed by atoms with van der Waals surface area (Å²) in [6.45, 7) is 12.7. The first kappa shape index (κ1) is 16.9. The Hall–Kier alpha value is -1.13. The van der Waals surface area contributed by atoms with Crippen molar-refractivity contribution < 1.29 is 9.47 Å². The molecule has 1 heterocycles. The summed E-state index contributed by atoms with van der Waals surface area (Å²) in [6, 6.07) is 2.19. The molecule has 4 heteroatoms. The van der Waals surface area contributed by atoms with Gasteiger partial charge in [0.15, 0.2) is 0 Å². The molecule has 0 aromatic carbocycles. The Balaban J connectivity index is 3.01. The van der Waals surface area contributed by atoms with Crippen molar-refractivity contribution in [3.8, 4) is 5.75 Å². The summed E-state index contributed by atoms with van der Waals surface area (Å²) >= 11 is 0. The SMILES string of the molecule is CCNC(c1cncc(OCC)c1)C(OCC)C(C)C. The molecule has 1 N–H and O–H groups in total. The summed E-state index contributed by atoms with van der Waals surface area (Å²) in [4.78, 5) is 4.29. The van der Waals surface area contributed by atoms with Crippen LogP contribution in [0.1, 0.15) is 46.2 Å². The van der Waals surface area contributed by atoms with Gasteiger partial charge in [-0.2, -0.15) is 0 Å². The average molecular weight is 280 g/mol. The van der Waals surface area contributed by atoms with Gasteiger partial charge in [0, 0.05) is 12.8 Å². The lowest BCUT2D eigenvalue weighted by Crippen LogP contribution is -2.37. The number of aromatic nitrogens is 1. The van der Waals surface area contributed by atoms with Gasteiger partial charge in [-0.25, -0.2) is 0 Å². The van der Waals surface area contributed by atoms with Gasteiger partial charge < -0.3 is 14.8 Å². The number of nitrogens with one attached hydrogen (secondary N) is 1. The van der Waals surface area contributed by atoms with Crippen molar-refractivity contribution in [1.82, 2.24) is 10.3 Å². The molecule has 2 unspecified atom stereocenters.